The van der Waals surface area contributed by atoms with E-state index < -0.39 is 0 Å². The topological polar surface area (TPSA) is 83.8 Å². The van der Waals surface area contributed by atoms with E-state index in [0.29, 0.717) is 17.1 Å². The molecule has 0 unspecified atom stereocenters. The molecule has 1 amide bonds. The van der Waals surface area contributed by atoms with Crippen LogP contribution in [0.1, 0.15) is 28.9 Å². The molecule has 2 aromatic heterocycles. The van der Waals surface area contributed by atoms with Crippen LogP contribution in [-0.2, 0) is 6.42 Å². The molecule has 0 aliphatic heterocycles. The molecular weight excluding hydrogens is 256 g/mol. The smallest absolute Gasteiger partial charge is 0.256 e. The predicted molar refractivity (Wildman–Crippen MR) is 74.7 cm³/mol. The first kappa shape index (κ1) is 12.4. The van der Waals surface area contributed by atoms with E-state index in [1.807, 2.05) is 13.0 Å². The molecule has 0 aliphatic rings. The molecule has 3 rings (SSSR count). The van der Waals surface area contributed by atoms with Crippen molar-refractivity contribution in [2.75, 3.05) is 5.32 Å². The molecule has 0 bridgehead atoms. The number of carbonyl (C=O) groups is 1. The summed E-state index contributed by atoms with van der Waals surface area (Å²) in [5, 5.41) is 6.42. The average Bonchev–Trinajstić information content (AvgIpc) is 3.03. The van der Waals surface area contributed by atoms with Gasteiger partial charge in [0.05, 0.1) is 11.0 Å². The summed E-state index contributed by atoms with van der Waals surface area (Å²) in [5.41, 5.74) is 2.26. The number of anilines is 1. The number of aryl methyl sites for hydroxylation is 2. The number of fused-ring (bicyclic) bond motifs is 1. The lowest BCUT2D eigenvalue weighted by molar-refractivity contribution is 0.102. The van der Waals surface area contributed by atoms with Crippen LogP contribution in [-0.4, -0.2) is 21.0 Å². The third-order valence-corrected chi connectivity index (χ3v) is 3.00. The number of amides is 1. The highest BCUT2D eigenvalue weighted by molar-refractivity contribution is 6.05. The number of imidazole rings is 1. The van der Waals surface area contributed by atoms with Crippen molar-refractivity contribution in [2.24, 2.45) is 0 Å². The van der Waals surface area contributed by atoms with E-state index in [9.17, 15) is 4.79 Å². The number of aromatic nitrogens is 3. The molecule has 6 heteroatoms. The molecule has 20 heavy (non-hydrogen) atoms. The fourth-order valence-corrected chi connectivity index (χ4v) is 1.98. The molecule has 0 aliphatic carbocycles. The quantitative estimate of drug-likeness (QED) is 0.766. The van der Waals surface area contributed by atoms with Gasteiger partial charge in [-0.05, 0) is 25.1 Å². The lowest BCUT2D eigenvalue weighted by atomic mass is 10.2. The van der Waals surface area contributed by atoms with Crippen molar-refractivity contribution < 1.29 is 9.32 Å². The summed E-state index contributed by atoms with van der Waals surface area (Å²) in [4.78, 5) is 19.7. The van der Waals surface area contributed by atoms with Crippen molar-refractivity contribution in [3.8, 4) is 0 Å². The van der Waals surface area contributed by atoms with E-state index in [1.54, 1.807) is 25.1 Å². The normalized spacial score (nSPS) is 10.9. The number of hydrogen-bond donors (Lipinski definition) is 2. The first-order valence-corrected chi connectivity index (χ1v) is 6.39. The Morgan fingerprint density at radius 3 is 2.95 bits per heavy atom. The maximum atomic E-state index is 12.1. The third kappa shape index (κ3) is 2.27. The number of nitrogens with one attached hydrogen (secondary N) is 2. The number of hydrogen-bond acceptors (Lipinski definition) is 4. The molecule has 1 aromatic carbocycles. The second-order valence-corrected chi connectivity index (χ2v) is 4.55. The molecule has 6 nitrogen and oxygen atoms in total. The molecular formula is C14H14N4O2. The van der Waals surface area contributed by atoms with Crippen molar-refractivity contribution in [1.82, 2.24) is 15.1 Å². The summed E-state index contributed by atoms with van der Waals surface area (Å²) in [7, 11) is 0. The second-order valence-electron chi connectivity index (χ2n) is 4.55. The molecule has 0 saturated heterocycles. The van der Waals surface area contributed by atoms with Gasteiger partial charge in [-0.3, -0.25) is 4.79 Å². The Morgan fingerprint density at radius 1 is 1.40 bits per heavy atom. The van der Waals surface area contributed by atoms with Gasteiger partial charge in [0.15, 0.2) is 5.82 Å². The molecule has 2 N–H and O–H groups in total. The average molecular weight is 270 g/mol. The van der Waals surface area contributed by atoms with E-state index in [1.165, 1.54) is 0 Å². The Balaban J connectivity index is 1.87. The zero-order valence-electron chi connectivity index (χ0n) is 11.2. The standard InChI is InChI=1S/C14H14N4O2/c1-3-12-15-10-5-4-9(7-11(10)16-12)14(19)17-13-6-8(2)20-18-13/h4-7H,3H2,1-2H3,(H,15,16)(H,17,18,19). The second kappa shape index (κ2) is 4.80. The maximum absolute atomic E-state index is 12.1. The molecule has 3 aromatic rings. The monoisotopic (exact) mass is 270 g/mol. The minimum atomic E-state index is -0.229. The van der Waals surface area contributed by atoms with Gasteiger partial charge in [0.25, 0.3) is 5.91 Å². The highest BCUT2D eigenvalue weighted by Gasteiger charge is 2.10. The molecule has 102 valence electrons. The lowest BCUT2D eigenvalue weighted by Gasteiger charge is -2.00. The Hall–Kier alpha value is -2.63. The Bertz CT molecular complexity index is 772. The zero-order chi connectivity index (χ0) is 14.1. The van der Waals surface area contributed by atoms with E-state index in [0.717, 1.165) is 23.3 Å². The lowest BCUT2D eigenvalue weighted by Crippen LogP contribution is -2.11. The molecule has 0 fully saturated rings. The van der Waals surface area contributed by atoms with E-state index in [4.69, 9.17) is 4.52 Å². The van der Waals surface area contributed by atoms with Gasteiger partial charge in [-0.25, -0.2) is 4.98 Å². The van der Waals surface area contributed by atoms with Crippen LogP contribution in [0.2, 0.25) is 0 Å². The van der Waals surface area contributed by atoms with Crippen LogP contribution in [0, 0.1) is 6.92 Å². The Labute approximate surface area is 115 Å². The number of rotatable bonds is 3. The molecule has 0 radical (unpaired) electrons. The van der Waals surface area contributed by atoms with Gasteiger partial charge < -0.3 is 14.8 Å². The van der Waals surface area contributed by atoms with Crippen molar-refractivity contribution in [2.45, 2.75) is 20.3 Å². The van der Waals surface area contributed by atoms with Gasteiger partial charge in [-0.15, -0.1) is 0 Å². The molecule has 0 atom stereocenters. The zero-order valence-corrected chi connectivity index (χ0v) is 11.2. The van der Waals surface area contributed by atoms with Gasteiger partial charge in [0.2, 0.25) is 0 Å². The summed E-state index contributed by atoms with van der Waals surface area (Å²) in [6.45, 7) is 3.80. The highest BCUT2D eigenvalue weighted by Crippen LogP contribution is 2.16. The van der Waals surface area contributed by atoms with Crippen LogP contribution in [0.15, 0.2) is 28.8 Å². The third-order valence-electron chi connectivity index (χ3n) is 3.00. The largest absolute Gasteiger partial charge is 0.360 e. The first-order chi connectivity index (χ1) is 9.65. The van der Waals surface area contributed by atoms with E-state index in [-0.39, 0.29) is 5.91 Å². The van der Waals surface area contributed by atoms with Crippen LogP contribution in [0.3, 0.4) is 0 Å². The molecule has 0 saturated carbocycles. The predicted octanol–water partition coefficient (Wildman–Crippen LogP) is 2.67. The van der Waals surface area contributed by atoms with Crippen LogP contribution < -0.4 is 5.32 Å². The van der Waals surface area contributed by atoms with Gasteiger partial charge in [0.1, 0.15) is 11.6 Å². The minimum Gasteiger partial charge on any atom is -0.360 e. The summed E-state index contributed by atoms with van der Waals surface area (Å²) in [5.74, 6) is 1.74. The van der Waals surface area contributed by atoms with E-state index >= 15 is 0 Å². The Kier molecular flexibility index (Phi) is 2.98. The van der Waals surface area contributed by atoms with E-state index in [2.05, 4.69) is 20.4 Å². The van der Waals surface area contributed by atoms with Crippen LogP contribution in [0.4, 0.5) is 5.82 Å². The van der Waals surface area contributed by atoms with Crippen LogP contribution >= 0.6 is 0 Å². The van der Waals surface area contributed by atoms with Gasteiger partial charge in [0, 0.05) is 18.1 Å². The molecule has 0 spiro atoms. The minimum absolute atomic E-state index is 0.229. The number of carbonyl (C=O) groups excluding carboxylic acids is 1. The Morgan fingerprint density at radius 2 is 2.25 bits per heavy atom. The van der Waals surface area contributed by atoms with Crippen LogP contribution in [0.5, 0.6) is 0 Å². The van der Waals surface area contributed by atoms with Crippen LogP contribution in [0.25, 0.3) is 11.0 Å². The van der Waals surface area contributed by atoms with Gasteiger partial charge >= 0.3 is 0 Å². The fourth-order valence-electron chi connectivity index (χ4n) is 1.98. The summed E-state index contributed by atoms with van der Waals surface area (Å²) < 4.78 is 4.91. The number of benzene rings is 1. The van der Waals surface area contributed by atoms with Crippen molar-refractivity contribution in [3.63, 3.8) is 0 Å². The van der Waals surface area contributed by atoms with Crippen molar-refractivity contribution >= 4 is 22.8 Å². The number of aromatic amines is 1. The summed E-state index contributed by atoms with van der Waals surface area (Å²) >= 11 is 0. The van der Waals surface area contributed by atoms with Crippen molar-refractivity contribution in [3.05, 3.63) is 41.4 Å². The maximum Gasteiger partial charge on any atom is 0.256 e. The van der Waals surface area contributed by atoms with Crippen molar-refractivity contribution in [1.29, 1.82) is 0 Å². The fraction of sp³-hybridized carbons (Fsp3) is 0.214. The summed E-state index contributed by atoms with van der Waals surface area (Å²) in [6, 6.07) is 7.02. The number of H-pyrrole nitrogens is 1. The SMILES string of the molecule is CCc1nc2ccc(C(=O)Nc3cc(C)on3)cc2[nH]1. The van der Waals surface area contributed by atoms with Gasteiger partial charge in [-0.2, -0.15) is 0 Å². The number of nitrogens with zero attached hydrogens (tertiary/aromatic N) is 2. The first-order valence-electron chi connectivity index (χ1n) is 6.39. The molecule has 2 heterocycles. The highest BCUT2D eigenvalue weighted by atomic mass is 16.5. The summed E-state index contributed by atoms with van der Waals surface area (Å²) in [6.07, 6.45) is 0.828. The van der Waals surface area contributed by atoms with Gasteiger partial charge in [-0.1, -0.05) is 12.1 Å².